The molecule has 0 unspecified atom stereocenters. The van der Waals surface area contributed by atoms with Gasteiger partial charge in [-0.25, -0.2) is 10.8 Å². The maximum atomic E-state index is 6.13. The van der Waals surface area contributed by atoms with Crippen LogP contribution in [-0.2, 0) is 0 Å². The minimum absolute atomic E-state index is 0.662. The predicted molar refractivity (Wildman–Crippen MR) is 82.6 cm³/mol. The van der Waals surface area contributed by atoms with Gasteiger partial charge in [-0.1, -0.05) is 17.7 Å². The van der Waals surface area contributed by atoms with E-state index in [0.717, 1.165) is 26.9 Å². The third-order valence-electron chi connectivity index (χ3n) is 3.02. The lowest BCUT2D eigenvalue weighted by Gasteiger charge is -2.09. The Kier molecular flexibility index (Phi) is 3.14. The van der Waals surface area contributed by atoms with Gasteiger partial charge in [0.05, 0.1) is 5.52 Å². The number of hydrogen-bond acceptors (Lipinski definition) is 4. The van der Waals surface area contributed by atoms with Crippen LogP contribution in [0.5, 0.6) is 0 Å². The second-order valence-corrected chi connectivity index (χ2v) is 5.66. The summed E-state index contributed by atoms with van der Waals surface area (Å²) in [4.78, 5) is 5.67. The van der Waals surface area contributed by atoms with Crippen LogP contribution in [0, 0.1) is 6.92 Å². The predicted octanol–water partition coefficient (Wildman–Crippen LogP) is 4.21. The van der Waals surface area contributed by atoms with Crippen molar-refractivity contribution >= 4 is 39.7 Å². The number of halogens is 1. The lowest BCUT2D eigenvalue weighted by atomic mass is 10.1. The fraction of sp³-hybridized carbons (Fsp3) is 0.0714. The Morgan fingerprint density at radius 3 is 2.84 bits per heavy atom. The summed E-state index contributed by atoms with van der Waals surface area (Å²) in [5.41, 5.74) is 5.55. The zero-order valence-corrected chi connectivity index (χ0v) is 11.8. The summed E-state index contributed by atoms with van der Waals surface area (Å²) < 4.78 is 0. The molecule has 0 aliphatic rings. The van der Waals surface area contributed by atoms with Gasteiger partial charge in [0.15, 0.2) is 0 Å². The normalized spacial score (nSPS) is 10.9. The van der Waals surface area contributed by atoms with Gasteiger partial charge >= 0.3 is 0 Å². The second kappa shape index (κ2) is 4.81. The van der Waals surface area contributed by atoms with E-state index in [0.29, 0.717) is 10.8 Å². The van der Waals surface area contributed by atoms with Gasteiger partial charge in [0, 0.05) is 20.8 Å². The third kappa shape index (κ3) is 2.18. The molecule has 0 fully saturated rings. The quantitative estimate of drug-likeness (QED) is 0.549. The lowest BCUT2D eigenvalue weighted by molar-refractivity contribution is 1.26. The van der Waals surface area contributed by atoms with E-state index in [2.05, 4.69) is 22.5 Å². The SMILES string of the molecule is Cc1cc2cc(-c3cccs3)c(NN)nc2cc1Cl. The van der Waals surface area contributed by atoms with Crippen molar-refractivity contribution in [2.75, 3.05) is 5.43 Å². The average Bonchev–Trinajstić information content (AvgIpc) is 2.92. The van der Waals surface area contributed by atoms with Crippen molar-refractivity contribution in [2.45, 2.75) is 6.92 Å². The first-order valence-electron chi connectivity index (χ1n) is 5.80. The van der Waals surface area contributed by atoms with Crippen LogP contribution in [0.2, 0.25) is 5.02 Å². The van der Waals surface area contributed by atoms with E-state index in [1.54, 1.807) is 11.3 Å². The molecule has 0 aliphatic heterocycles. The highest BCUT2D eigenvalue weighted by Gasteiger charge is 2.10. The molecule has 3 rings (SSSR count). The van der Waals surface area contributed by atoms with Gasteiger partial charge in [0.1, 0.15) is 5.82 Å². The van der Waals surface area contributed by atoms with Crippen molar-refractivity contribution in [3.63, 3.8) is 0 Å². The number of rotatable bonds is 2. The van der Waals surface area contributed by atoms with Gasteiger partial charge in [0.2, 0.25) is 0 Å². The average molecular weight is 290 g/mol. The molecule has 0 radical (unpaired) electrons. The molecule has 0 bridgehead atoms. The molecule has 2 aromatic heterocycles. The molecule has 3 nitrogen and oxygen atoms in total. The van der Waals surface area contributed by atoms with Gasteiger partial charge in [-0.15, -0.1) is 11.3 Å². The fourth-order valence-corrected chi connectivity index (χ4v) is 2.94. The molecule has 3 aromatic rings. The standard InChI is InChI=1S/C14H12ClN3S/c1-8-5-9-6-10(13-3-2-4-19-13)14(18-16)17-12(9)7-11(8)15/h2-7H,16H2,1H3,(H,17,18). The van der Waals surface area contributed by atoms with Crippen LogP contribution in [0.3, 0.4) is 0 Å². The molecule has 0 amide bonds. The number of aromatic nitrogens is 1. The number of aryl methyl sites for hydroxylation is 1. The summed E-state index contributed by atoms with van der Waals surface area (Å²) in [7, 11) is 0. The minimum atomic E-state index is 0.662. The summed E-state index contributed by atoms with van der Waals surface area (Å²) in [6.07, 6.45) is 0. The maximum absolute atomic E-state index is 6.13. The molecule has 2 heterocycles. The van der Waals surface area contributed by atoms with Crippen LogP contribution >= 0.6 is 22.9 Å². The summed E-state index contributed by atoms with van der Waals surface area (Å²) in [5.74, 6) is 6.24. The molecule has 1 aromatic carbocycles. The first-order valence-corrected chi connectivity index (χ1v) is 7.06. The van der Waals surface area contributed by atoms with Crippen LogP contribution in [0.15, 0.2) is 35.7 Å². The van der Waals surface area contributed by atoms with Gasteiger partial charge in [0.25, 0.3) is 0 Å². The van der Waals surface area contributed by atoms with Crippen molar-refractivity contribution in [3.05, 3.63) is 46.3 Å². The fourth-order valence-electron chi connectivity index (χ4n) is 2.04. The summed E-state index contributed by atoms with van der Waals surface area (Å²) in [6.45, 7) is 1.99. The number of pyridine rings is 1. The van der Waals surface area contributed by atoms with E-state index in [-0.39, 0.29) is 0 Å². The van der Waals surface area contributed by atoms with Crippen molar-refractivity contribution < 1.29 is 0 Å². The Balaban J connectivity index is 2.30. The molecule has 0 aliphatic carbocycles. The van der Waals surface area contributed by atoms with Gasteiger partial charge in [-0.05, 0) is 42.1 Å². The van der Waals surface area contributed by atoms with Crippen molar-refractivity contribution in [1.29, 1.82) is 0 Å². The molecule has 19 heavy (non-hydrogen) atoms. The molecular formula is C14H12ClN3S. The highest BCUT2D eigenvalue weighted by atomic mass is 35.5. The number of nitrogens with two attached hydrogens (primary N) is 1. The zero-order valence-electron chi connectivity index (χ0n) is 10.3. The van der Waals surface area contributed by atoms with Crippen LogP contribution in [0.25, 0.3) is 21.3 Å². The number of anilines is 1. The number of nitrogens with zero attached hydrogens (tertiary/aromatic N) is 1. The van der Waals surface area contributed by atoms with E-state index >= 15 is 0 Å². The molecule has 0 saturated heterocycles. The number of benzene rings is 1. The zero-order chi connectivity index (χ0) is 13.4. The first-order chi connectivity index (χ1) is 9.19. The van der Waals surface area contributed by atoms with Crippen molar-refractivity contribution in [2.24, 2.45) is 5.84 Å². The third-order valence-corrected chi connectivity index (χ3v) is 4.33. The highest BCUT2D eigenvalue weighted by Crippen LogP contribution is 2.34. The lowest BCUT2D eigenvalue weighted by Crippen LogP contribution is -2.09. The second-order valence-electron chi connectivity index (χ2n) is 4.30. The van der Waals surface area contributed by atoms with Crippen molar-refractivity contribution in [3.8, 4) is 10.4 Å². The van der Waals surface area contributed by atoms with Gasteiger partial charge < -0.3 is 5.43 Å². The van der Waals surface area contributed by atoms with Crippen LogP contribution in [-0.4, -0.2) is 4.98 Å². The molecule has 0 atom stereocenters. The number of fused-ring (bicyclic) bond motifs is 1. The van der Waals surface area contributed by atoms with Crippen LogP contribution in [0.4, 0.5) is 5.82 Å². The topological polar surface area (TPSA) is 50.9 Å². The molecular weight excluding hydrogens is 278 g/mol. The Hall–Kier alpha value is -1.62. The van der Waals surface area contributed by atoms with Gasteiger partial charge in [-0.3, -0.25) is 0 Å². The minimum Gasteiger partial charge on any atom is -0.308 e. The first kappa shape index (κ1) is 12.4. The number of nitrogen functional groups attached to an aromatic ring is 1. The van der Waals surface area contributed by atoms with Crippen LogP contribution < -0.4 is 11.3 Å². The molecule has 5 heteroatoms. The molecule has 0 spiro atoms. The van der Waals surface area contributed by atoms with Gasteiger partial charge in [-0.2, -0.15) is 0 Å². The number of nitrogens with one attached hydrogen (secondary N) is 1. The Morgan fingerprint density at radius 2 is 2.16 bits per heavy atom. The van der Waals surface area contributed by atoms with Crippen LogP contribution in [0.1, 0.15) is 5.56 Å². The van der Waals surface area contributed by atoms with E-state index < -0.39 is 0 Å². The Labute approximate surface area is 120 Å². The Bertz CT molecular complexity index is 738. The maximum Gasteiger partial charge on any atom is 0.149 e. The number of thiophene rings is 1. The highest BCUT2D eigenvalue weighted by molar-refractivity contribution is 7.13. The largest absolute Gasteiger partial charge is 0.308 e. The van der Waals surface area contributed by atoms with E-state index in [9.17, 15) is 0 Å². The number of hydrazine groups is 1. The summed E-state index contributed by atoms with van der Waals surface area (Å²) in [5, 5.41) is 3.81. The smallest absolute Gasteiger partial charge is 0.149 e. The monoisotopic (exact) mass is 289 g/mol. The molecule has 3 N–H and O–H groups in total. The van der Waals surface area contributed by atoms with E-state index in [4.69, 9.17) is 17.4 Å². The number of hydrogen-bond donors (Lipinski definition) is 2. The molecule has 0 saturated carbocycles. The summed E-state index contributed by atoms with van der Waals surface area (Å²) in [6, 6.07) is 10.1. The molecule has 96 valence electrons. The van der Waals surface area contributed by atoms with E-state index in [1.807, 2.05) is 30.5 Å². The summed E-state index contributed by atoms with van der Waals surface area (Å²) >= 11 is 7.79. The van der Waals surface area contributed by atoms with Crippen molar-refractivity contribution in [1.82, 2.24) is 4.98 Å². The Morgan fingerprint density at radius 1 is 1.32 bits per heavy atom. The van der Waals surface area contributed by atoms with E-state index in [1.165, 1.54) is 0 Å².